The highest BCUT2D eigenvalue weighted by Gasteiger charge is 1.64. The topological polar surface area (TPSA) is 0 Å². The summed E-state index contributed by atoms with van der Waals surface area (Å²) < 4.78 is 0. The van der Waals surface area contributed by atoms with Crippen molar-refractivity contribution in [2.45, 2.75) is 0 Å². The lowest BCUT2D eigenvalue weighted by Crippen LogP contribution is -1.43. The van der Waals surface area contributed by atoms with Gasteiger partial charge in [0, 0.05) is 0 Å². The highest BCUT2D eigenvalue weighted by molar-refractivity contribution is 8.04. The van der Waals surface area contributed by atoms with Crippen molar-refractivity contribution in [3.8, 4) is 0 Å². The van der Waals surface area contributed by atoms with Gasteiger partial charge in [-0.05, 0) is 10.8 Å². The Kier molecular flexibility index (Phi) is 6.75. The summed E-state index contributed by atoms with van der Waals surface area (Å²) in [4.78, 5) is 0. The first-order valence-corrected chi connectivity index (χ1v) is 3.56. The van der Waals surface area contributed by atoms with E-state index in [4.69, 9.17) is 0 Å². The van der Waals surface area contributed by atoms with E-state index in [9.17, 15) is 0 Å². The second kappa shape index (κ2) is 7.31. The molecule has 1 heteroatoms. The molecular weight excluding hydrogens is 128 g/mol. The molecule has 0 nitrogen and oxygen atoms in total. The van der Waals surface area contributed by atoms with Crippen LogP contribution in [0.2, 0.25) is 0 Å². The van der Waals surface area contributed by atoms with Crippen molar-refractivity contribution in [1.29, 1.82) is 0 Å². The Bertz CT molecular complexity index is 116. The van der Waals surface area contributed by atoms with E-state index >= 15 is 0 Å². The van der Waals surface area contributed by atoms with E-state index in [2.05, 4.69) is 13.2 Å². The Morgan fingerprint density at radius 2 is 1.33 bits per heavy atom. The highest BCUT2D eigenvalue weighted by Crippen LogP contribution is 2.02. The molecule has 0 N–H and O–H groups in total. The van der Waals surface area contributed by atoms with Crippen LogP contribution in [0.25, 0.3) is 0 Å². The maximum absolute atomic E-state index is 3.53. The van der Waals surface area contributed by atoms with Crippen molar-refractivity contribution in [3.05, 3.63) is 48.3 Å². The molecule has 0 saturated heterocycles. The van der Waals surface area contributed by atoms with Gasteiger partial charge in [0.25, 0.3) is 0 Å². The van der Waals surface area contributed by atoms with Gasteiger partial charge in [-0.15, -0.1) is 11.8 Å². The lowest BCUT2D eigenvalue weighted by atomic mass is 10.6. The summed E-state index contributed by atoms with van der Waals surface area (Å²) >= 11 is 1.60. The third kappa shape index (κ3) is 7.31. The Morgan fingerprint density at radius 3 is 1.67 bits per heavy atom. The van der Waals surface area contributed by atoms with Gasteiger partial charge < -0.3 is 0 Å². The molecular formula is C8H10S. The van der Waals surface area contributed by atoms with Crippen LogP contribution in [0.15, 0.2) is 48.3 Å². The maximum atomic E-state index is 3.53. The molecule has 0 saturated carbocycles. The summed E-state index contributed by atoms with van der Waals surface area (Å²) in [6.45, 7) is 7.07. The van der Waals surface area contributed by atoms with Crippen LogP contribution in [-0.4, -0.2) is 0 Å². The first kappa shape index (κ1) is 8.31. The summed E-state index contributed by atoms with van der Waals surface area (Å²) in [5.74, 6) is 0. The Labute approximate surface area is 60.7 Å². The molecule has 0 bridgehead atoms. The SMILES string of the molecule is C=C/C=C/S/C=C/C=C. The Hall–Kier alpha value is -0.690. The largest absolute Gasteiger partial charge is 0.106 e. The van der Waals surface area contributed by atoms with Crippen molar-refractivity contribution in [3.63, 3.8) is 0 Å². The molecule has 0 atom stereocenters. The van der Waals surface area contributed by atoms with Gasteiger partial charge in [-0.2, -0.15) is 0 Å². The normalized spacial score (nSPS) is 10.7. The van der Waals surface area contributed by atoms with Crippen LogP contribution in [0, 0.1) is 0 Å². The van der Waals surface area contributed by atoms with E-state index in [1.807, 2.05) is 23.0 Å². The minimum absolute atomic E-state index is 1.60. The molecule has 0 aliphatic rings. The number of thioether (sulfide) groups is 1. The molecule has 0 rings (SSSR count). The first-order chi connectivity index (χ1) is 4.41. The summed E-state index contributed by atoms with van der Waals surface area (Å²) in [7, 11) is 0. The third-order valence-electron chi connectivity index (χ3n) is 0.586. The standard InChI is InChI=1S/C8H10S/c1-3-5-7-9-8-6-4-2/h3-8H,1-2H2/b7-5+,8-6+. The monoisotopic (exact) mass is 138 g/mol. The van der Waals surface area contributed by atoms with Crippen molar-refractivity contribution in [2.24, 2.45) is 0 Å². The first-order valence-electron chi connectivity index (χ1n) is 2.62. The van der Waals surface area contributed by atoms with Gasteiger partial charge in [-0.1, -0.05) is 37.5 Å². The van der Waals surface area contributed by atoms with Gasteiger partial charge in [-0.3, -0.25) is 0 Å². The molecule has 0 fully saturated rings. The van der Waals surface area contributed by atoms with Crippen molar-refractivity contribution in [2.75, 3.05) is 0 Å². The molecule has 9 heavy (non-hydrogen) atoms. The fraction of sp³-hybridized carbons (Fsp3) is 0. The van der Waals surface area contributed by atoms with Gasteiger partial charge in [-0.25, -0.2) is 0 Å². The number of hydrogen-bond donors (Lipinski definition) is 0. The Morgan fingerprint density at radius 1 is 0.889 bits per heavy atom. The van der Waals surface area contributed by atoms with Gasteiger partial charge in [0.1, 0.15) is 0 Å². The van der Waals surface area contributed by atoms with Gasteiger partial charge in [0.05, 0.1) is 0 Å². The molecule has 0 aromatic rings. The summed E-state index contributed by atoms with van der Waals surface area (Å²) in [5, 5.41) is 3.90. The van der Waals surface area contributed by atoms with Crippen molar-refractivity contribution < 1.29 is 0 Å². The maximum Gasteiger partial charge on any atom is -0.0248 e. The minimum Gasteiger partial charge on any atom is -0.106 e. The molecule has 0 aromatic heterocycles. The van der Waals surface area contributed by atoms with Crippen LogP contribution in [0.5, 0.6) is 0 Å². The van der Waals surface area contributed by atoms with E-state index in [1.54, 1.807) is 23.9 Å². The van der Waals surface area contributed by atoms with Crippen LogP contribution >= 0.6 is 11.8 Å². The van der Waals surface area contributed by atoms with Crippen LogP contribution in [0.1, 0.15) is 0 Å². The number of allylic oxidation sites excluding steroid dienone is 4. The van der Waals surface area contributed by atoms with E-state index in [0.717, 1.165) is 0 Å². The quantitative estimate of drug-likeness (QED) is 0.538. The van der Waals surface area contributed by atoms with Crippen molar-refractivity contribution in [1.82, 2.24) is 0 Å². The molecule has 0 unspecified atom stereocenters. The second-order valence-corrected chi connectivity index (χ2v) is 2.08. The zero-order valence-electron chi connectivity index (χ0n) is 5.29. The van der Waals surface area contributed by atoms with Crippen molar-refractivity contribution >= 4 is 11.8 Å². The summed E-state index contributed by atoms with van der Waals surface area (Å²) in [5.41, 5.74) is 0. The summed E-state index contributed by atoms with van der Waals surface area (Å²) in [6, 6.07) is 0. The second-order valence-electron chi connectivity index (χ2n) is 1.26. The predicted octanol–water partition coefficient (Wildman–Crippen LogP) is 3.12. The molecule has 0 amide bonds. The average Bonchev–Trinajstić information content (AvgIpc) is 1.89. The van der Waals surface area contributed by atoms with E-state index in [0.29, 0.717) is 0 Å². The fourth-order valence-corrected chi connectivity index (χ4v) is 0.742. The van der Waals surface area contributed by atoms with Gasteiger partial charge >= 0.3 is 0 Å². The number of rotatable bonds is 4. The molecule has 0 aromatic carbocycles. The predicted molar refractivity (Wildman–Crippen MR) is 46.3 cm³/mol. The highest BCUT2D eigenvalue weighted by atomic mass is 32.2. The van der Waals surface area contributed by atoms with Gasteiger partial charge in [0.15, 0.2) is 0 Å². The van der Waals surface area contributed by atoms with Crippen LogP contribution in [0.3, 0.4) is 0 Å². The smallest absolute Gasteiger partial charge is 0.0248 e. The third-order valence-corrected chi connectivity index (χ3v) is 1.21. The van der Waals surface area contributed by atoms with Crippen LogP contribution in [0.4, 0.5) is 0 Å². The molecule has 0 aliphatic heterocycles. The summed E-state index contributed by atoms with van der Waals surface area (Å²) in [6.07, 6.45) is 7.26. The minimum atomic E-state index is 1.60. The molecule has 0 radical (unpaired) electrons. The van der Waals surface area contributed by atoms with E-state index < -0.39 is 0 Å². The average molecular weight is 138 g/mol. The number of hydrogen-bond acceptors (Lipinski definition) is 1. The molecule has 0 aliphatic carbocycles. The molecule has 0 spiro atoms. The van der Waals surface area contributed by atoms with E-state index in [-0.39, 0.29) is 0 Å². The zero-order valence-corrected chi connectivity index (χ0v) is 6.10. The zero-order chi connectivity index (χ0) is 6.95. The van der Waals surface area contributed by atoms with Crippen LogP contribution in [-0.2, 0) is 0 Å². The fourth-order valence-electron chi connectivity index (χ4n) is 0.247. The lowest BCUT2D eigenvalue weighted by Gasteiger charge is -1.75. The Balaban J connectivity index is 3.27. The molecule has 0 heterocycles. The van der Waals surface area contributed by atoms with E-state index in [1.165, 1.54) is 0 Å². The van der Waals surface area contributed by atoms with Gasteiger partial charge in [0.2, 0.25) is 0 Å². The lowest BCUT2D eigenvalue weighted by molar-refractivity contribution is 2.10. The van der Waals surface area contributed by atoms with Crippen LogP contribution < -0.4 is 0 Å². The molecule has 48 valence electrons.